The van der Waals surface area contributed by atoms with Crippen LogP contribution in [0.1, 0.15) is 20.1 Å². The smallest absolute Gasteiger partial charge is 0.254 e. The largest absolute Gasteiger partial charge is 0.461 e. The van der Waals surface area contributed by atoms with Crippen LogP contribution in [-0.2, 0) is 9.53 Å². The number of carbonyl (C=O) groups is 1. The van der Waals surface area contributed by atoms with Crippen molar-refractivity contribution < 1.29 is 14.3 Å². The Hall–Kier alpha value is -1.63. The summed E-state index contributed by atoms with van der Waals surface area (Å²) in [4.78, 5) is 16.5. The molecule has 0 amide bonds. The number of methoxy groups -OCH3 is 1. The molecular formula is C14H15Cl2N3O3. The maximum Gasteiger partial charge on any atom is 0.254 e. The van der Waals surface area contributed by atoms with Gasteiger partial charge in [-0.3, -0.25) is 4.79 Å². The predicted octanol–water partition coefficient (Wildman–Crippen LogP) is 3.16. The molecule has 0 bridgehead atoms. The minimum Gasteiger partial charge on any atom is -0.461 e. The minimum absolute atomic E-state index is 0.313. The second kappa shape index (κ2) is 6.64. The highest BCUT2D eigenvalue weighted by molar-refractivity contribution is 6.42. The first-order valence-electron chi connectivity index (χ1n) is 6.40. The Balaban J connectivity index is 2.33. The number of hydrogen-bond acceptors (Lipinski definition) is 5. The van der Waals surface area contributed by atoms with Crippen molar-refractivity contribution in [3.8, 4) is 5.75 Å². The van der Waals surface area contributed by atoms with E-state index in [0.717, 1.165) is 0 Å². The van der Waals surface area contributed by atoms with Gasteiger partial charge in [-0.1, -0.05) is 23.2 Å². The highest BCUT2D eigenvalue weighted by Crippen LogP contribution is 2.29. The van der Waals surface area contributed by atoms with Crippen molar-refractivity contribution >= 4 is 29.0 Å². The van der Waals surface area contributed by atoms with E-state index in [-0.39, 0.29) is 5.78 Å². The van der Waals surface area contributed by atoms with Crippen LogP contribution in [0.3, 0.4) is 0 Å². The monoisotopic (exact) mass is 343 g/mol. The average molecular weight is 344 g/mol. The predicted molar refractivity (Wildman–Crippen MR) is 82.2 cm³/mol. The zero-order valence-corrected chi connectivity index (χ0v) is 13.8. The summed E-state index contributed by atoms with van der Waals surface area (Å²) in [5.41, 5.74) is -1.05. The van der Waals surface area contributed by atoms with Crippen LogP contribution in [0.4, 0.5) is 0 Å². The maximum atomic E-state index is 12.7. The molecule has 0 aliphatic carbocycles. The normalized spacial score (nSPS) is 13.0. The molecule has 0 fully saturated rings. The van der Waals surface area contributed by atoms with Gasteiger partial charge < -0.3 is 9.47 Å². The maximum absolute atomic E-state index is 12.7. The van der Waals surface area contributed by atoms with Gasteiger partial charge in [0.25, 0.3) is 6.23 Å². The van der Waals surface area contributed by atoms with Gasteiger partial charge in [0.1, 0.15) is 24.0 Å². The second-order valence-corrected chi connectivity index (χ2v) is 5.81. The lowest BCUT2D eigenvalue weighted by Gasteiger charge is -2.27. The van der Waals surface area contributed by atoms with Crippen LogP contribution in [0, 0.1) is 0 Å². The van der Waals surface area contributed by atoms with Gasteiger partial charge in [-0.2, -0.15) is 5.10 Å². The molecule has 8 heteroatoms. The first-order chi connectivity index (χ1) is 10.3. The number of nitrogens with zero attached hydrogens (tertiary/aromatic N) is 3. The lowest BCUT2D eigenvalue weighted by atomic mass is 10.0. The Labute approximate surface area is 138 Å². The highest BCUT2D eigenvalue weighted by Gasteiger charge is 2.37. The van der Waals surface area contributed by atoms with Gasteiger partial charge in [0.05, 0.1) is 10.0 Å². The van der Waals surface area contributed by atoms with Crippen LogP contribution in [-0.4, -0.2) is 33.3 Å². The van der Waals surface area contributed by atoms with Crippen molar-refractivity contribution in [3.05, 3.63) is 40.9 Å². The Morgan fingerprint density at radius 3 is 2.59 bits per heavy atom. The minimum atomic E-state index is -1.05. The van der Waals surface area contributed by atoms with Crippen molar-refractivity contribution in [1.82, 2.24) is 14.8 Å². The van der Waals surface area contributed by atoms with E-state index in [2.05, 4.69) is 10.1 Å². The van der Waals surface area contributed by atoms with Crippen molar-refractivity contribution in [2.75, 3.05) is 7.11 Å². The molecule has 0 saturated carbocycles. The van der Waals surface area contributed by atoms with E-state index in [0.29, 0.717) is 15.8 Å². The van der Waals surface area contributed by atoms with Crippen LogP contribution in [0.5, 0.6) is 5.75 Å². The van der Waals surface area contributed by atoms with Crippen LogP contribution >= 0.6 is 23.2 Å². The van der Waals surface area contributed by atoms with Crippen LogP contribution in [0.15, 0.2) is 30.9 Å². The summed E-state index contributed by atoms with van der Waals surface area (Å²) in [6.45, 7) is 3.30. The van der Waals surface area contributed by atoms with Crippen molar-refractivity contribution in [3.63, 3.8) is 0 Å². The fourth-order valence-corrected chi connectivity index (χ4v) is 1.93. The van der Waals surface area contributed by atoms with Crippen molar-refractivity contribution in [2.24, 2.45) is 0 Å². The third-order valence-electron chi connectivity index (χ3n) is 3.14. The molecule has 1 heterocycles. The second-order valence-electron chi connectivity index (χ2n) is 5.00. The topological polar surface area (TPSA) is 66.2 Å². The number of halogens is 2. The molecule has 0 aliphatic heterocycles. The molecule has 22 heavy (non-hydrogen) atoms. The lowest BCUT2D eigenvalue weighted by molar-refractivity contribution is -0.149. The van der Waals surface area contributed by atoms with Crippen molar-refractivity contribution in [2.45, 2.75) is 25.7 Å². The molecule has 2 aromatic rings. The molecule has 0 aliphatic rings. The zero-order chi connectivity index (χ0) is 16.3. The summed E-state index contributed by atoms with van der Waals surface area (Å²) in [7, 11) is 1.45. The van der Waals surface area contributed by atoms with Gasteiger partial charge in [-0.25, -0.2) is 9.67 Å². The number of carbonyl (C=O) groups excluding carboxylic acids is 1. The number of hydrogen-bond donors (Lipinski definition) is 0. The molecular weight excluding hydrogens is 329 g/mol. The summed E-state index contributed by atoms with van der Waals surface area (Å²) >= 11 is 11.8. The summed E-state index contributed by atoms with van der Waals surface area (Å²) in [6, 6.07) is 4.73. The molecule has 2 rings (SSSR count). The molecule has 1 atom stereocenters. The van der Waals surface area contributed by atoms with Gasteiger partial charge in [0, 0.05) is 13.2 Å². The van der Waals surface area contributed by atoms with E-state index in [9.17, 15) is 4.79 Å². The molecule has 0 saturated heterocycles. The molecule has 118 valence electrons. The van der Waals surface area contributed by atoms with E-state index < -0.39 is 11.8 Å². The number of ether oxygens (including phenoxy) is 2. The fraction of sp³-hybridized carbons (Fsp3) is 0.357. The molecule has 1 unspecified atom stereocenters. The van der Waals surface area contributed by atoms with Crippen molar-refractivity contribution in [1.29, 1.82) is 0 Å². The molecule has 6 nitrogen and oxygen atoms in total. The summed E-state index contributed by atoms with van der Waals surface area (Å²) in [5, 5.41) is 4.69. The third-order valence-corrected chi connectivity index (χ3v) is 3.88. The molecule has 0 N–H and O–H groups in total. The van der Waals surface area contributed by atoms with E-state index in [1.54, 1.807) is 26.0 Å². The zero-order valence-electron chi connectivity index (χ0n) is 12.3. The van der Waals surface area contributed by atoms with Crippen LogP contribution in [0.25, 0.3) is 0 Å². The van der Waals surface area contributed by atoms with Gasteiger partial charge in [0.2, 0.25) is 5.78 Å². The van der Waals surface area contributed by atoms with Gasteiger partial charge >= 0.3 is 0 Å². The number of ketones is 1. The molecule has 0 spiro atoms. The molecule has 1 aromatic heterocycles. The summed E-state index contributed by atoms with van der Waals surface area (Å²) in [5.74, 6) is 0.0710. The molecule has 0 radical (unpaired) electrons. The first-order valence-corrected chi connectivity index (χ1v) is 7.16. The standard InChI is InChI=1S/C14H15Cl2N3O3/c1-14(2,21-3)12(20)13(19-8-17-7-18-19)22-9-4-5-10(15)11(16)6-9/h4-8,13H,1-3H3. The number of aromatic nitrogens is 3. The third kappa shape index (κ3) is 3.58. The van der Waals surface area contributed by atoms with Gasteiger partial charge in [-0.05, 0) is 26.0 Å². The summed E-state index contributed by atoms with van der Waals surface area (Å²) < 4.78 is 12.3. The van der Waals surface area contributed by atoms with E-state index in [1.165, 1.54) is 30.5 Å². The van der Waals surface area contributed by atoms with Crippen LogP contribution < -0.4 is 4.74 Å². The Bertz CT molecular complexity index is 659. The Morgan fingerprint density at radius 1 is 1.32 bits per heavy atom. The van der Waals surface area contributed by atoms with E-state index >= 15 is 0 Å². The number of benzene rings is 1. The van der Waals surface area contributed by atoms with Crippen LogP contribution in [0.2, 0.25) is 10.0 Å². The van der Waals surface area contributed by atoms with E-state index in [1.807, 2.05) is 0 Å². The SMILES string of the molecule is COC(C)(C)C(=O)C(Oc1ccc(Cl)c(Cl)c1)n1cncn1. The van der Waals surface area contributed by atoms with Gasteiger partial charge in [-0.15, -0.1) is 0 Å². The highest BCUT2D eigenvalue weighted by atomic mass is 35.5. The summed E-state index contributed by atoms with van der Waals surface area (Å²) in [6.07, 6.45) is 1.68. The molecule has 1 aromatic carbocycles. The number of rotatable bonds is 6. The number of Topliss-reactive ketones (excluding diaryl/α,β-unsaturated/α-hetero) is 1. The fourth-order valence-electron chi connectivity index (χ4n) is 1.64. The quantitative estimate of drug-likeness (QED) is 0.805. The average Bonchev–Trinajstić information content (AvgIpc) is 3.01. The first kappa shape index (κ1) is 16.7. The van der Waals surface area contributed by atoms with E-state index in [4.69, 9.17) is 32.7 Å². The van der Waals surface area contributed by atoms with Gasteiger partial charge in [0.15, 0.2) is 0 Å². The Kier molecular flexibility index (Phi) is 5.05. The lowest BCUT2D eigenvalue weighted by Crippen LogP contribution is -2.42. The Morgan fingerprint density at radius 2 is 2.05 bits per heavy atom.